The molecule has 0 saturated carbocycles. The molecule has 0 radical (unpaired) electrons. The van der Waals surface area contributed by atoms with Crippen molar-refractivity contribution in [3.8, 4) is 0 Å². The van der Waals surface area contributed by atoms with Gasteiger partial charge in [-0.25, -0.2) is 0 Å². The summed E-state index contributed by atoms with van der Waals surface area (Å²) in [6, 6.07) is 11.8. The molecule has 1 N–H and O–H groups in total. The van der Waals surface area contributed by atoms with E-state index in [0.717, 1.165) is 0 Å². The maximum absolute atomic E-state index is 10.8. The van der Waals surface area contributed by atoms with Crippen LogP contribution in [0.25, 0.3) is 0 Å². The number of nitro groups is 2. The van der Waals surface area contributed by atoms with E-state index >= 15 is 0 Å². The van der Waals surface area contributed by atoms with Crippen molar-refractivity contribution >= 4 is 24.0 Å². The molecular formula is C17H18N2O6S. The van der Waals surface area contributed by atoms with Crippen LogP contribution in [0.2, 0.25) is 0 Å². The fraction of sp³-hybridized carbons (Fsp3) is 0.294. The molecule has 0 fully saturated rings. The van der Waals surface area contributed by atoms with E-state index in [2.05, 4.69) is 12.6 Å². The van der Waals surface area contributed by atoms with Gasteiger partial charge in [-0.05, 0) is 23.3 Å². The summed E-state index contributed by atoms with van der Waals surface area (Å²) in [4.78, 5) is 20.6. The lowest BCUT2D eigenvalue weighted by Gasteiger charge is -2.29. The Labute approximate surface area is 155 Å². The number of hydrogen-bond acceptors (Lipinski definition) is 7. The minimum absolute atomic E-state index is 0.0338. The molecule has 0 aliphatic rings. The van der Waals surface area contributed by atoms with E-state index < -0.39 is 27.1 Å². The highest BCUT2D eigenvalue weighted by atomic mass is 32.1. The molecule has 2 aromatic carbocycles. The van der Waals surface area contributed by atoms with Crippen molar-refractivity contribution in [3.05, 3.63) is 79.9 Å². The first kappa shape index (κ1) is 19.8. The SMILES string of the molecule is CO[C@@H](c1ccc([N+](=O)[O-])cc1)[C@@H](CO)[C@H](S)c1ccc([N+](=O)[O-])cc1. The number of non-ortho nitro benzene ring substituents is 2. The van der Waals surface area contributed by atoms with Crippen LogP contribution in [-0.2, 0) is 4.74 Å². The molecule has 0 unspecified atom stereocenters. The Morgan fingerprint density at radius 1 is 0.962 bits per heavy atom. The summed E-state index contributed by atoms with van der Waals surface area (Å²) in [6.07, 6.45) is -0.557. The van der Waals surface area contributed by atoms with E-state index in [9.17, 15) is 25.3 Å². The van der Waals surface area contributed by atoms with E-state index in [4.69, 9.17) is 4.74 Å². The van der Waals surface area contributed by atoms with Gasteiger partial charge < -0.3 is 9.84 Å². The number of ether oxygens (including phenoxy) is 1. The van der Waals surface area contributed by atoms with Gasteiger partial charge in [0.25, 0.3) is 11.4 Å². The quantitative estimate of drug-likeness (QED) is 0.413. The molecule has 0 saturated heterocycles. The Morgan fingerprint density at radius 2 is 1.38 bits per heavy atom. The lowest BCUT2D eigenvalue weighted by Crippen LogP contribution is -2.23. The van der Waals surface area contributed by atoms with Gasteiger partial charge in [-0.1, -0.05) is 12.1 Å². The predicted molar refractivity (Wildman–Crippen MR) is 98.2 cm³/mol. The number of benzene rings is 2. The Bertz CT molecular complexity index is 766. The molecule has 0 aliphatic carbocycles. The van der Waals surface area contributed by atoms with Crippen molar-refractivity contribution in [1.29, 1.82) is 0 Å². The summed E-state index contributed by atoms with van der Waals surface area (Å²) in [5, 5.41) is 31.0. The zero-order valence-electron chi connectivity index (χ0n) is 13.9. The van der Waals surface area contributed by atoms with Gasteiger partial charge in [0.1, 0.15) is 0 Å². The van der Waals surface area contributed by atoms with Gasteiger partial charge in [-0.3, -0.25) is 20.2 Å². The van der Waals surface area contributed by atoms with Crippen LogP contribution in [0, 0.1) is 26.1 Å². The van der Waals surface area contributed by atoms with Crippen LogP contribution in [0.1, 0.15) is 22.5 Å². The zero-order chi connectivity index (χ0) is 19.3. The second-order valence-electron chi connectivity index (χ2n) is 5.64. The van der Waals surface area contributed by atoms with Gasteiger partial charge in [0.05, 0.1) is 22.6 Å². The smallest absolute Gasteiger partial charge is 0.269 e. The fourth-order valence-corrected chi connectivity index (χ4v) is 3.17. The third kappa shape index (κ3) is 4.37. The van der Waals surface area contributed by atoms with E-state index in [1.54, 1.807) is 24.3 Å². The van der Waals surface area contributed by atoms with E-state index in [-0.39, 0.29) is 18.0 Å². The molecule has 0 aromatic heterocycles. The van der Waals surface area contributed by atoms with Crippen LogP contribution in [0.5, 0.6) is 0 Å². The van der Waals surface area contributed by atoms with Crippen LogP contribution in [-0.4, -0.2) is 28.7 Å². The Morgan fingerprint density at radius 3 is 1.73 bits per heavy atom. The number of thiol groups is 1. The Hall–Kier alpha value is -2.49. The largest absolute Gasteiger partial charge is 0.396 e. The van der Waals surface area contributed by atoms with Gasteiger partial charge in [-0.15, -0.1) is 0 Å². The van der Waals surface area contributed by atoms with Crippen molar-refractivity contribution in [1.82, 2.24) is 0 Å². The van der Waals surface area contributed by atoms with E-state index in [1.807, 2.05) is 0 Å². The highest BCUT2D eigenvalue weighted by Crippen LogP contribution is 2.39. The minimum Gasteiger partial charge on any atom is -0.396 e. The number of aliphatic hydroxyl groups excluding tert-OH is 1. The number of rotatable bonds is 8. The summed E-state index contributed by atoms with van der Waals surface area (Å²) in [5.74, 6) is -0.466. The molecular weight excluding hydrogens is 360 g/mol. The van der Waals surface area contributed by atoms with Crippen LogP contribution in [0.4, 0.5) is 11.4 Å². The van der Waals surface area contributed by atoms with Crippen molar-refractivity contribution in [2.45, 2.75) is 11.4 Å². The number of nitrogens with zero attached hydrogens (tertiary/aromatic N) is 2. The van der Waals surface area contributed by atoms with E-state index in [1.165, 1.54) is 31.4 Å². The third-order valence-corrected chi connectivity index (χ3v) is 4.82. The standard InChI is InChI=1S/C17H18N2O6S/c1-25-16(11-2-6-13(7-3-11)18(21)22)15(10-20)17(26)12-4-8-14(9-5-12)19(23)24/h2-9,15-17,20,26H,10H2,1H3/t15-,16+,17-/m1/s1. The average Bonchev–Trinajstić information content (AvgIpc) is 2.65. The van der Waals surface area contributed by atoms with Crippen molar-refractivity contribution in [2.24, 2.45) is 5.92 Å². The van der Waals surface area contributed by atoms with Gasteiger partial charge in [0.15, 0.2) is 0 Å². The molecule has 26 heavy (non-hydrogen) atoms. The summed E-state index contributed by atoms with van der Waals surface area (Å²) in [5.41, 5.74) is 1.29. The normalized spacial score (nSPS) is 14.4. The first-order valence-corrected chi connectivity index (χ1v) is 8.21. The molecule has 0 spiro atoms. The van der Waals surface area contributed by atoms with Gasteiger partial charge in [0, 0.05) is 42.5 Å². The van der Waals surface area contributed by atoms with E-state index in [0.29, 0.717) is 11.1 Å². The maximum Gasteiger partial charge on any atom is 0.269 e. The molecule has 8 nitrogen and oxygen atoms in total. The second kappa shape index (κ2) is 8.75. The van der Waals surface area contributed by atoms with Crippen LogP contribution in [0.3, 0.4) is 0 Å². The molecule has 2 aromatic rings. The van der Waals surface area contributed by atoms with Gasteiger partial charge in [-0.2, -0.15) is 12.6 Å². The molecule has 0 amide bonds. The number of aliphatic hydroxyl groups is 1. The van der Waals surface area contributed by atoms with Gasteiger partial charge >= 0.3 is 0 Å². The molecule has 3 atom stereocenters. The molecule has 9 heteroatoms. The summed E-state index contributed by atoms with van der Waals surface area (Å²) in [7, 11) is 1.48. The molecule has 0 bridgehead atoms. The third-order valence-electron chi connectivity index (χ3n) is 4.14. The van der Waals surface area contributed by atoms with Gasteiger partial charge in [0.2, 0.25) is 0 Å². The second-order valence-corrected chi connectivity index (χ2v) is 6.20. The number of nitro benzene ring substituents is 2. The minimum atomic E-state index is -0.557. The Kier molecular flexibility index (Phi) is 6.67. The molecule has 2 rings (SSSR count). The number of methoxy groups -OCH3 is 1. The molecule has 138 valence electrons. The first-order valence-electron chi connectivity index (χ1n) is 7.69. The average molecular weight is 378 g/mol. The summed E-state index contributed by atoms with van der Waals surface area (Å²) < 4.78 is 5.51. The zero-order valence-corrected chi connectivity index (χ0v) is 14.8. The first-order chi connectivity index (χ1) is 12.4. The molecule has 0 heterocycles. The Balaban J connectivity index is 2.27. The lowest BCUT2D eigenvalue weighted by molar-refractivity contribution is -0.385. The summed E-state index contributed by atoms with van der Waals surface area (Å²) in [6.45, 7) is -0.249. The summed E-state index contributed by atoms with van der Waals surface area (Å²) >= 11 is 4.56. The predicted octanol–water partition coefficient (Wildman–Crippen LogP) is 3.47. The lowest BCUT2D eigenvalue weighted by atomic mass is 9.89. The highest BCUT2D eigenvalue weighted by molar-refractivity contribution is 7.80. The van der Waals surface area contributed by atoms with Crippen molar-refractivity contribution in [3.63, 3.8) is 0 Å². The van der Waals surface area contributed by atoms with Crippen LogP contribution >= 0.6 is 12.6 Å². The molecule has 0 aliphatic heterocycles. The maximum atomic E-state index is 10.8. The highest BCUT2D eigenvalue weighted by Gasteiger charge is 2.30. The van der Waals surface area contributed by atoms with Crippen LogP contribution in [0.15, 0.2) is 48.5 Å². The topological polar surface area (TPSA) is 116 Å². The monoisotopic (exact) mass is 378 g/mol. The van der Waals surface area contributed by atoms with Crippen LogP contribution < -0.4 is 0 Å². The van der Waals surface area contributed by atoms with Crippen molar-refractivity contribution < 1.29 is 19.7 Å². The fourth-order valence-electron chi connectivity index (χ4n) is 2.75. The van der Waals surface area contributed by atoms with Crippen molar-refractivity contribution in [2.75, 3.05) is 13.7 Å². The number of hydrogen-bond donors (Lipinski definition) is 2.